The molecule has 20 heteroatoms. The van der Waals surface area contributed by atoms with E-state index in [9.17, 15) is 38.4 Å². The first-order valence-corrected chi connectivity index (χ1v) is 32.8. The maximum absolute atomic E-state index is 14.4. The van der Waals surface area contributed by atoms with Crippen molar-refractivity contribution in [1.29, 1.82) is 0 Å². The van der Waals surface area contributed by atoms with E-state index in [2.05, 4.69) is 9.97 Å². The van der Waals surface area contributed by atoms with Crippen molar-refractivity contribution in [2.24, 2.45) is 23.7 Å². The van der Waals surface area contributed by atoms with Crippen LogP contribution in [-0.4, -0.2) is 117 Å². The number of aromatic amines is 2. The van der Waals surface area contributed by atoms with Crippen LogP contribution < -0.4 is 0 Å². The highest BCUT2D eigenvalue weighted by Crippen LogP contribution is 2.56. The summed E-state index contributed by atoms with van der Waals surface area (Å²) in [7, 11) is 0. The summed E-state index contributed by atoms with van der Waals surface area (Å²) in [5.74, 6) is -8.83. The molecule has 8 bridgehead atoms. The molecular formula is C76H62N4O16. The van der Waals surface area contributed by atoms with Crippen LogP contribution in [0.4, 0.5) is 0 Å². The molecule has 3 aromatic heterocycles. The SMILES string of the molecule is O=C1CC2C(CC(OC(=O)c3ccccc3)C2c2c3nc(c(C4C(OC(=O)c5ccccc5)CC5OC(=O)CC54)c4ccc([nH]4)c(C4C(OC(=O)c5ccccc5)CC5OC(=O)CC54)c4nc(c(C5C(OC(=O)c6ccccc6)CC6OC(=O)CC65)c5ccc2[nH]5)C=C4)C=C3)O1. The Labute approximate surface area is 548 Å². The number of nitrogens with one attached hydrogen (secondary N) is 2. The minimum Gasteiger partial charge on any atom is -0.462 e. The van der Waals surface area contributed by atoms with Crippen molar-refractivity contribution in [2.75, 3.05) is 0 Å². The normalized spacial score (nSPS) is 29.4. The van der Waals surface area contributed by atoms with Crippen LogP contribution in [0.5, 0.6) is 0 Å². The van der Waals surface area contributed by atoms with E-state index in [1.165, 1.54) is 0 Å². The van der Waals surface area contributed by atoms with Crippen molar-refractivity contribution < 1.29 is 76.3 Å². The molecule has 7 aromatic rings. The molecule has 8 fully saturated rings. The Morgan fingerprint density at radius 3 is 0.760 bits per heavy atom. The number of esters is 8. The van der Waals surface area contributed by atoms with Gasteiger partial charge in [-0.25, -0.2) is 29.1 Å². The molecule has 6 aliphatic heterocycles. The van der Waals surface area contributed by atoms with Crippen LogP contribution in [0.1, 0.15) is 161 Å². The summed E-state index contributed by atoms with van der Waals surface area (Å²) >= 11 is 0. The first kappa shape index (κ1) is 59.0. The second-order valence-corrected chi connectivity index (χ2v) is 26.5. The predicted octanol–water partition coefficient (Wildman–Crippen LogP) is 11.2. The first-order valence-electron chi connectivity index (χ1n) is 32.8. The lowest BCUT2D eigenvalue weighted by Gasteiger charge is -2.25. The summed E-state index contributed by atoms with van der Waals surface area (Å²) in [6.07, 6.45) is 2.28. The van der Waals surface area contributed by atoms with Gasteiger partial charge in [-0.05, 0) is 97.1 Å². The van der Waals surface area contributed by atoms with Crippen molar-refractivity contribution in [2.45, 2.75) is 124 Å². The Morgan fingerprint density at radius 2 is 0.542 bits per heavy atom. The second-order valence-electron chi connectivity index (χ2n) is 26.5. The number of carbonyl (C=O) groups is 8. The number of nitrogens with zero attached hydrogens (tertiary/aromatic N) is 2. The van der Waals surface area contributed by atoms with Gasteiger partial charge < -0.3 is 47.9 Å². The van der Waals surface area contributed by atoms with Gasteiger partial charge in [-0.2, -0.15) is 0 Å². The van der Waals surface area contributed by atoms with Crippen LogP contribution in [0.2, 0.25) is 0 Å². The zero-order valence-corrected chi connectivity index (χ0v) is 51.5. The Bertz CT molecular complexity index is 4070. The van der Waals surface area contributed by atoms with Gasteiger partial charge in [0.15, 0.2) is 0 Å². The molecule has 9 heterocycles. The van der Waals surface area contributed by atoms with E-state index in [-0.39, 0.29) is 51.4 Å². The average molecular weight is 1290 g/mol. The maximum atomic E-state index is 14.4. The van der Waals surface area contributed by atoms with E-state index in [0.717, 1.165) is 0 Å². The number of hydrogen-bond donors (Lipinski definition) is 2. The first-order chi connectivity index (χ1) is 46.8. The summed E-state index contributed by atoms with van der Waals surface area (Å²) < 4.78 is 50.5. The third-order valence-corrected chi connectivity index (χ3v) is 21.3. The Kier molecular flexibility index (Phi) is 14.5. The van der Waals surface area contributed by atoms with Crippen molar-refractivity contribution in [3.63, 3.8) is 0 Å². The molecule has 4 saturated carbocycles. The van der Waals surface area contributed by atoms with E-state index in [1.54, 1.807) is 121 Å². The lowest BCUT2D eigenvalue weighted by atomic mass is 9.84. The third-order valence-electron chi connectivity index (χ3n) is 21.3. The Balaban J connectivity index is 0.945. The lowest BCUT2D eigenvalue weighted by Crippen LogP contribution is -2.26. The largest absolute Gasteiger partial charge is 0.462 e. The van der Waals surface area contributed by atoms with Gasteiger partial charge in [0, 0.05) is 117 Å². The summed E-state index contributed by atoms with van der Waals surface area (Å²) in [6.45, 7) is 0. The van der Waals surface area contributed by atoms with E-state index >= 15 is 0 Å². The minimum atomic E-state index is -0.857. The minimum absolute atomic E-state index is 0.00879. The van der Waals surface area contributed by atoms with Crippen LogP contribution in [-0.2, 0) is 57.1 Å². The molecule has 4 saturated heterocycles. The molecule has 2 N–H and O–H groups in total. The zero-order chi connectivity index (χ0) is 65.0. The van der Waals surface area contributed by atoms with Crippen LogP contribution in [0, 0.1) is 23.7 Å². The number of ether oxygens (including phenoxy) is 8. The van der Waals surface area contributed by atoms with Crippen molar-refractivity contribution >= 4 is 94.1 Å². The molecule has 16 unspecified atom stereocenters. The zero-order valence-electron chi connectivity index (χ0n) is 51.5. The van der Waals surface area contributed by atoms with Gasteiger partial charge in [0.2, 0.25) is 0 Å². The van der Waals surface area contributed by atoms with Gasteiger partial charge in [0.05, 0.1) is 70.7 Å². The molecule has 0 spiro atoms. The van der Waals surface area contributed by atoms with Crippen LogP contribution in [0.25, 0.3) is 46.4 Å². The van der Waals surface area contributed by atoms with Gasteiger partial charge >= 0.3 is 47.8 Å². The molecule has 17 rings (SSSR count). The van der Waals surface area contributed by atoms with E-state index in [0.29, 0.717) is 89.4 Å². The van der Waals surface area contributed by atoms with Gasteiger partial charge in [-0.1, -0.05) is 72.8 Å². The van der Waals surface area contributed by atoms with E-state index in [4.69, 9.17) is 47.9 Å². The number of aromatic nitrogens is 4. The second kappa shape index (κ2) is 23.6. The van der Waals surface area contributed by atoms with Crippen molar-refractivity contribution in [3.8, 4) is 0 Å². The van der Waals surface area contributed by atoms with Crippen LogP contribution in [0.3, 0.4) is 0 Å². The third kappa shape index (κ3) is 10.3. The predicted molar refractivity (Wildman–Crippen MR) is 343 cm³/mol. The number of hydrogen-bond acceptors (Lipinski definition) is 18. The molecule has 482 valence electrons. The quantitative estimate of drug-likeness (QED) is 0.0850. The fourth-order valence-electron chi connectivity index (χ4n) is 17.3. The molecular weight excluding hydrogens is 1220 g/mol. The van der Waals surface area contributed by atoms with E-state index < -0.39 is 144 Å². The highest BCUT2D eigenvalue weighted by molar-refractivity contribution is 5.93. The molecule has 4 aromatic carbocycles. The number of benzene rings is 4. The number of carbonyl (C=O) groups excluding carboxylic acids is 8. The number of H-pyrrole nitrogens is 2. The van der Waals surface area contributed by atoms with Gasteiger partial charge in [-0.3, -0.25) is 19.2 Å². The van der Waals surface area contributed by atoms with Crippen LogP contribution in [0.15, 0.2) is 146 Å². The summed E-state index contributed by atoms with van der Waals surface area (Å²) in [5, 5.41) is 0. The van der Waals surface area contributed by atoms with Crippen molar-refractivity contribution in [3.05, 3.63) is 213 Å². The van der Waals surface area contributed by atoms with Crippen LogP contribution >= 0.6 is 0 Å². The van der Waals surface area contributed by atoms with Gasteiger partial charge in [0.1, 0.15) is 48.8 Å². The molecule has 4 aliphatic carbocycles. The lowest BCUT2D eigenvalue weighted by molar-refractivity contribution is -0.142. The molecule has 20 nitrogen and oxygen atoms in total. The molecule has 16 atom stereocenters. The summed E-state index contributed by atoms with van der Waals surface area (Å²) in [5.41, 5.74) is 7.49. The number of rotatable bonds is 12. The topological polar surface area (TPSA) is 268 Å². The highest BCUT2D eigenvalue weighted by atomic mass is 16.6. The van der Waals surface area contributed by atoms with E-state index in [1.807, 2.05) is 48.6 Å². The fourth-order valence-corrected chi connectivity index (χ4v) is 17.3. The standard InChI is InChI=1S/C76H62N4O16/c81-61-29-41-53(89-61)33-57(93-73(85)37-13-5-1-6-14-37)65(41)69-45-21-23-47(77-45)70(66-42-30-62(82)90-54(42)34-58(66)94-74(86)38-15-7-2-8-16-38)49-25-27-51(79-49)72(68-44-32-64(84)92-56(44)36-60(68)96-76(88)40-19-11-4-12-20-40)52-28-26-50(80-52)71(48-24-22-46(69)78-48)67-43-31-63(83)91-55(43)35-59(67)95-75(87)39-17-9-3-10-18-39/h1-28,41-44,53-60,65-68,77,80H,29-36H2. The molecule has 0 radical (unpaired) electrons. The number of fused-ring (bicyclic) bond motifs is 12. The monoisotopic (exact) mass is 1290 g/mol. The molecule has 96 heavy (non-hydrogen) atoms. The Hall–Kier alpha value is -10.8. The summed E-state index contributed by atoms with van der Waals surface area (Å²) in [4.78, 5) is 131. The van der Waals surface area contributed by atoms with Gasteiger partial charge in [-0.15, -0.1) is 0 Å². The van der Waals surface area contributed by atoms with Gasteiger partial charge in [0.25, 0.3) is 0 Å². The molecule has 0 amide bonds. The Morgan fingerprint density at radius 1 is 0.323 bits per heavy atom. The smallest absolute Gasteiger partial charge is 0.338 e. The highest BCUT2D eigenvalue weighted by Gasteiger charge is 2.58. The maximum Gasteiger partial charge on any atom is 0.338 e. The summed E-state index contributed by atoms with van der Waals surface area (Å²) in [6, 6.07) is 42.3. The van der Waals surface area contributed by atoms with Crippen molar-refractivity contribution in [1.82, 2.24) is 19.9 Å². The average Bonchev–Trinajstić information content (AvgIpc) is 1.59. The fraction of sp³-hybridized carbons (Fsp3) is 0.316. The molecule has 10 aliphatic rings.